The lowest BCUT2D eigenvalue weighted by atomic mass is 10.1. The lowest BCUT2D eigenvalue weighted by Crippen LogP contribution is -2.31. The molecule has 0 bridgehead atoms. The number of anilines is 1. The largest absolute Gasteiger partial charge is 0.497 e. The van der Waals surface area contributed by atoms with Gasteiger partial charge in [0.1, 0.15) is 17.2 Å². The van der Waals surface area contributed by atoms with Crippen molar-refractivity contribution in [3.63, 3.8) is 0 Å². The van der Waals surface area contributed by atoms with Crippen molar-refractivity contribution in [1.82, 2.24) is 5.32 Å². The quantitative estimate of drug-likeness (QED) is 0.797. The molecule has 2 rings (SSSR count). The third-order valence-corrected chi connectivity index (χ3v) is 3.69. The number of benzene rings is 2. The Kier molecular flexibility index (Phi) is 6.51. The summed E-state index contributed by atoms with van der Waals surface area (Å²) in [7, 11) is 3.19. The summed E-state index contributed by atoms with van der Waals surface area (Å²) in [5.74, 6) is 2.02. The number of urea groups is 1. The van der Waals surface area contributed by atoms with Crippen LogP contribution in [0.2, 0.25) is 0 Å². The van der Waals surface area contributed by atoms with Crippen molar-refractivity contribution in [2.24, 2.45) is 0 Å². The molecule has 134 valence electrons. The van der Waals surface area contributed by atoms with Crippen LogP contribution in [0.4, 0.5) is 10.5 Å². The van der Waals surface area contributed by atoms with Crippen LogP contribution in [0.1, 0.15) is 25.5 Å². The fourth-order valence-electron chi connectivity index (χ4n) is 2.46. The van der Waals surface area contributed by atoms with Gasteiger partial charge in [-0.05, 0) is 44.2 Å². The van der Waals surface area contributed by atoms with Crippen molar-refractivity contribution in [2.75, 3.05) is 26.1 Å². The number of rotatable bonds is 7. The third kappa shape index (κ3) is 4.79. The Hall–Kier alpha value is -2.89. The third-order valence-electron chi connectivity index (χ3n) is 3.69. The van der Waals surface area contributed by atoms with Crippen LogP contribution in [-0.2, 0) is 0 Å². The molecule has 1 atom stereocenters. The molecule has 0 aliphatic heterocycles. The molecule has 0 aliphatic rings. The minimum Gasteiger partial charge on any atom is -0.497 e. The van der Waals surface area contributed by atoms with E-state index in [9.17, 15) is 4.79 Å². The standard InChI is InChI=1S/C19H24N2O4/c1-5-25-18-9-7-6-8-16(18)21-19(22)20-13(2)15-12-14(23-3)10-11-17(15)24-4/h6-13H,5H2,1-4H3,(H2,20,21,22)/t13-/m0/s1. The van der Waals surface area contributed by atoms with Crippen LogP contribution < -0.4 is 24.8 Å². The minimum atomic E-state index is -0.329. The van der Waals surface area contributed by atoms with Crippen LogP contribution in [0.3, 0.4) is 0 Å². The van der Waals surface area contributed by atoms with Crippen molar-refractivity contribution in [3.8, 4) is 17.2 Å². The number of para-hydroxylation sites is 2. The molecular formula is C19H24N2O4. The van der Waals surface area contributed by atoms with Crippen LogP contribution in [0, 0.1) is 0 Å². The number of ether oxygens (including phenoxy) is 3. The number of methoxy groups -OCH3 is 2. The highest BCUT2D eigenvalue weighted by atomic mass is 16.5. The van der Waals surface area contributed by atoms with Gasteiger partial charge in [0.2, 0.25) is 0 Å². The molecule has 0 saturated heterocycles. The van der Waals surface area contributed by atoms with Gasteiger partial charge in [-0.2, -0.15) is 0 Å². The highest BCUT2D eigenvalue weighted by Crippen LogP contribution is 2.29. The van der Waals surface area contributed by atoms with Crippen molar-refractivity contribution < 1.29 is 19.0 Å². The van der Waals surface area contributed by atoms with E-state index in [4.69, 9.17) is 14.2 Å². The summed E-state index contributed by atoms with van der Waals surface area (Å²) in [6, 6.07) is 12.2. The molecule has 0 aromatic heterocycles. The average Bonchev–Trinajstić information content (AvgIpc) is 2.62. The van der Waals surface area contributed by atoms with Crippen molar-refractivity contribution in [2.45, 2.75) is 19.9 Å². The predicted octanol–water partition coefficient (Wildman–Crippen LogP) is 3.99. The highest BCUT2D eigenvalue weighted by molar-refractivity contribution is 5.91. The number of amides is 2. The van der Waals surface area contributed by atoms with Gasteiger partial charge in [-0.1, -0.05) is 12.1 Å². The van der Waals surface area contributed by atoms with Gasteiger partial charge >= 0.3 is 6.03 Å². The first-order chi connectivity index (χ1) is 12.1. The molecule has 6 nitrogen and oxygen atoms in total. The van der Waals surface area contributed by atoms with E-state index in [2.05, 4.69) is 10.6 Å². The van der Waals surface area contributed by atoms with Crippen LogP contribution in [-0.4, -0.2) is 26.9 Å². The average molecular weight is 344 g/mol. The van der Waals surface area contributed by atoms with Crippen LogP contribution >= 0.6 is 0 Å². The zero-order chi connectivity index (χ0) is 18.2. The summed E-state index contributed by atoms with van der Waals surface area (Å²) in [5, 5.41) is 5.71. The zero-order valence-electron chi connectivity index (χ0n) is 15.0. The molecule has 0 aliphatic carbocycles. The molecule has 0 radical (unpaired) electrons. The molecule has 0 fully saturated rings. The Morgan fingerprint density at radius 3 is 2.52 bits per heavy atom. The second-order valence-electron chi connectivity index (χ2n) is 5.36. The first-order valence-electron chi connectivity index (χ1n) is 8.10. The zero-order valence-corrected chi connectivity index (χ0v) is 15.0. The minimum absolute atomic E-state index is 0.274. The molecule has 6 heteroatoms. The van der Waals surface area contributed by atoms with Crippen molar-refractivity contribution >= 4 is 11.7 Å². The van der Waals surface area contributed by atoms with Gasteiger partial charge in [0.15, 0.2) is 0 Å². The number of hydrogen-bond acceptors (Lipinski definition) is 4. The molecule has 0 unspecified atom stereocenters. The van der Waals surface area contributed by atoms with E-state index in [0.29, 0.717) is 29.5 Å². The maximum Gasteiger partial charge on any atom is 0.319 e. The Bertz CT molecular complexity index is 718. The van der Waals surface area contributed by atoms with Crippen LogP contribution in [0.25, 0.3) is 0 Å². The SMILES string of the molecule is CCOc1ccccc1NC(=O)N[C@@H](C)c1cc(OC)ccc1OC. The van der Waals surface area contributed by atoms with Gasteiger partial charge < -0.3 is 24.8 Å². The molecular weight excluding hydrogens is 320 g/mol. The van der Waals surface area contributed by atoms with Crippen molar-refractivity contribution in [3.05, 3.63) is 48.0 Å². The second kappa shape index (κ2) is 8.82. The normalized spacial score (nSPS) is 11.4. The number of carbonyl (C=O) groups excluding carboxylic acids is 1. The Morgan fingerprint density at radius 2 is 1.84 bits per heavy atom. The number of carbonyl (C=O) groups is 1. The topological polar surface area (TPSA) is 68.8 Å². The van der Waals surface area contributed by atoms with Crippen LogP contribution in [0.15, 0.2) is 42.5 Å². The Morgan fingerprint density at radius 1 is 1.08 bits per heavy atom. The van der Waals surface area contributed by atoms with Crippen molar-refractivity contribution in [1.29, 1.82) is 0 Å². The van der Waals surface area contributed by atoms with Gasteiger partial charge in [-0.15, -0.1) is 0 Å². The fraction of sp³-hybridized carbons (Fsp3) is 0.316. The summed E-state index contributed by atoms with van der Waals surface area (Å²) in [4.78, 5) is 12.4. The van der Waals surface area contributed by atoms with E-state index >= 15 is 0 Å². The molecule has 2 N–H and O–H groups in total. The molecule has 25 heavy (non-hydrogen) atoms. The van der Waals surface area contributed by atoms with Gasteiger partial charge in [-0.25, -0.2) is 4.79 Å². The van der Waals surface area contributed by atoms with Gasteiger partial charge in [0.05, 0.1) is 32.6 Å². The Labute approximate surface area is 148 Å². The van der Waals surface area contributed by atoms with E-state index in [1.165, 1.54) is 0 Å². The smallest absolute Gasteiger partial charge is 0.319 e. The first kappa shape index (κ1) is 18.4. The Balaban J connectivity index is 2.10. The summed E-state index contributed by atoms with van der Waals surface area (Å²) in [5.41, 5.74) is 1.45. The van der Waals surface area contributed by atoms with E-state index in [-0.39, 0.29) is 12.1 Å². The number of nitrogens with one attached hydrogen (secondary N) is 2. The second-order valence-corrected chi connectivity index (χ2v) is 5.36. The summed E-state index contributed by atoms with van der Waals surface area (Å²) in [6.07, 6.45) is 0. The molecule has 0 saturated carbocycles. The maximum absolute atomic E-state index is 12.4. The maximum atomic E-state index is 12.4. The monoisotopic (exact) mass is 344 g/mol. The molecule has 2 aromatic carbocycles. The highest BCUT2D eigenvalue weighted by Gasteiger charge is 2.16. The van der Waals surface area contributed by atoms with Gasteiger partial charge in [-0.3, -0.25) is 0 Å². The van der Waals surface area contributed by atoms with Gasteiger partial charge in [0, 0.05) is 5.56 Å². The van der Waals surface area contributed by atoms with Gasteiger partial charge in [0.25, 0.3) is 0 Å². The lowest BCUT2D eigenvalue weighted by Gasteiger charge is -2.19. The fourth-order valence-corrected chi connectivity index (χ4v) is 2.46. The van der Waals surface area contributed by atoms with E-state index in [1.54, 1.807) is 20.3 Å². The summed E-state index contributed by atoms with van der Waals surface area (Å²) >= 11 is 0. The lowest BCUT2D eigenvalue weighted by molar-refractivity contribution is 0.249. The van der Waals surface area contributed by atoms with E-state index < -0.39 is 0 Å². The summed E-state index contributed by atoms with van der Waals surface area (Å²) in [6.45, 7) is 4.30. The molecule has 2 amide bonds. The number of hydrogen-bond donors (Lipinski definition) is 2. The predicted molar refractivity (Wildman–Crippen MR) is 97.7 cm³/mol. The first-order valence-corrected chi connectivity index (χ1v) is 8.10. The molecule has 0 spiro atoms. The summed E-state index contributed by atoms with van der Waals surface area (Å²) < 4.78 is 16.1. The van der Waals surface area contributed by atoms with E-state index in [0.717, 1.165) is 5.56 Å². The van der Waals surface area contributed by atoms with E-state index in [1.807, 2.05) is 50.2 Å². The molecule has 0 heterocycles. The van der Waals surface area contributed by atoms with Crippen LogP contribution in [0.5, 0.6) is 17.2 Å². The molecule has 2 aromatic rings.